The first-order valence-corrected chi connectivity index (χ1v) is 10.3. The van der Waals surface area contributed by atoms with Crippen molar-refractivity contribution in [2.45, 2.75) is 18.9 Å². The van der Waals surface area contributed by atoms with E-state index in [0.717, 1.165) is 26.2 Å². The molecule has 0 radical (unpaired) electrons. The maximum Gasteiger partial charge on any atom is 0.275 e. The number of hydrogen-bond acceptors (Lipinski definition) is 4. The Morgan fingerprint density at radius 3 is 2.50 bits per heavy atom. The van der Waals surface area contributed by atoms with Gasteiger partial charge in [0.05, 0.1) is 43.2 Å². The van der Waals surface area contributed by atoms with Crippen LogP contribution in [0, 0.1) is 0 Å². The van der Waals surface area contributed by atoms with Gasteiger partial charge in [-0.25, -0.2) is 8.42 Å². The van der Waals surface area contributed by atoms with E-state index in [9.17, 15) is 13.2 Å². The number of hydrogen-bond donors (Lipinski definition) is 2. The van der Waals surface area contributed by atoms with Crippen molar-refractivity contribution in [3.8, 4) is 0 Å². The van der Waals surface area contributed by atoms with Gasteiger partial charge in [0, 0.05) is 5.69 Å². The fourth-order valence-electron chi connectivity index (χ4n) is 3.61. The minimum absolute atomic E-state index is 0.0437. The normalized spacial score (nSPS) is 27.1. The van der Waals surface area contributed by atoms with Gasteiger partial charge in [0.25, 0.3) is 5.91 Å². The van der Waals surface area contributed by atoms with Crippen molar-refractivity contribution in [3.05, 3.63) is 30.3 Å². The number of carbonyl (C=O) groups excluding carboxylic acids is 1. The van der Waals surface area contributed by atoms with E-state index in [4.69, 9.17) is 0 Å². The fourth-order valence-corrected chi connectivity index (χ4v) is 5.71. The summed E-state index contributed by atoms with van der Waals surface area (Å²) in [5.74, 6) is 0.188. The quantitative estimate of drug-likeness (QED) is 0.736. The summed E-state index contributed by atoms with van der Waals surface area (Å²) < 4.78 is 23.3. The number of nitrogens with one attached hydrogen (secondary N) is 2. The van der Waals surface area contributed by atoms with Gasteiger partial charge in [0.1, 0.15) is 0 Å². The molecule has 0 bridgehead atoms. The number of para-hydroxylation sites is 1. The summed E-state index contributed by atoms with van der Waals surface area (Å²) in [7, 11) is -3.00. The van der Waals surface area contributed by atoms with Crippen LogP contribution in [0.4, 0.5) is 5.69 Å². The monoisotopic (exact) mass is 352 g/mol. The number of piperazine rings is 1. The molecule has 1 atom stereocenters. The molecular weight excluding hydrogens is 326 g/mol. The standard InChI is InChI=1S/C17H25N3O3S/c1-17(7-12-24(22,23)14-17)18-16(21)13-19-8-10-20(11-9-19)15-5-3-2-4-6-15/h2-6H,7-14H2,1H3,(H,18,21)/p+1/t17-/m1/s1. The molecule has 0 unspecified atom stereocenters. The van der Waals surface area contributed by atoms with Crippen molar-refractivity contribution >= 4 is 21.4 Å². The molecule has 2 fully saturated rings. The molecule has 2 aliphatic heterocycles. The van der Waals surface area contributed by atoms with Crippen LogP contribution in [0.15, 0.2) is 30.3 Å². The summed E-state index contributed by atoms with van der Waals surface area (Å²) in [4.78, 5) is 15.9. The zero-order chi connectivity index (χ0) is 17.2. The van der Waals surface area contributed by atoms with E-state index in [-0.39, 0.29) is 17.4 Å². The zero-order valence-electron chi connectivity index (χ0n) is 14.1. The number of quaternary nitrogens is 1. The summed E-state index contributed by atoms with van der Waals surface area (Å²) in [6.45, 7) is 5.93. The lowest BCUT2D eigenvalue weighted by Crippen LogP contribution is -3.16. The molecule has 1 amide bonds. The SMILES string of the molecule is C[C@@]1(NC(=O)C[NH+]2CCN(c3ccccc3)CC2)CCS(=O)(=O)C1. The number of carbonyl (C=O) groups is 1. The van der Waals surface area contributed by atoms with Gasteiger partial charge in [0.15, 0.2) is 16.4 Å². The van der Waals surface area contributed by atoms with Gasteiger partial charge in [-0.3, -0.25) is 4.79 Å². The van der Waals surface area contributed by atoms with Gasteiger partial charge in [-0.2, -0.15) is 0 Å². The predicted molar refractivity (Wildman–Crippen MR) is 94.0 cm³/mol. The highest BCUT2D eigenvalue weighted by Gasteiger charge is 2.40. The molecule has 2 aliphatic rings. The topological polar surface area (TPSA) is 70.9 Å². The number of nitrogens with zero attached hydrogens (tertiary/aromatic N) is 1. The third-order valence-electron chi connectivity index (χ3n) is 4.95. The molecule has 0 aromatic heterocycles. The summed E-state index contributed by atoms with van der Waals surface area (Å²) in [6, 6.07) is 10.3. The van der Waals surface area contributed by atoms with E-state index >= 15 is 0 Å². The second-order valence-corrected chi connectivity index (χ2v) is 9.38. The molecule has 7 heteroatoms. The molecule has 0 saturated carbocycles. The molecule has 0 aliphatic carbocycles. The summed E-state index contributed by atoms with van der Waals surface area (Å²) in [6.07, 6.45) is 0.512. The lowest BCUT2D eigenvalue weighted by Gasteiger charge is -2.34. The first kappa shape index (κ1) is 17.2. The Bertz CT molecular complexity index is 684. The molecule has 1 aromatic rings. The largest absolute Gasteiger partial charge is 0.360 e. The number of benzene rings is 1. The number of amides is 1. The van der Waals surface area contributed by atoms with E-state index in [1.807, 2.05) is 25.1 Å². The van der Waals surface area contributed by atoms with Crippen LogP contribution in [-0.2, 0) is 14.6 Å². The Hall–Kier alpha value is -1.60. The molecule has 132 valence electrons. The van der Waals surface area contributed by atoms with E-state index in [1.54, 1.807) is 0 Å². The molecule has 0 spiro atoms. The molecular formula is C17H26N3O3S+. The zero-order valence-corrected chi connectivity index (χ0v) is 14.9. The van der Waals surface area contributed by atoms with E-state index in [2.05, 4.69) is 22.3 Å². The van der Waals surface area contributed by atoms with Crippen molar-refractivity contribution in [2.24, 2.45) is 0 Å². The van der Waals surface area contributed by atoms with Crippen LogP contribution in [0.5, 0.6) is 0 Å². The van der Waals surface area contributed by atoms with Crippen LogP contribution in [0.3, 0.4) is 0 Å². The van der Waals surface area contributed by atoms with Gasteiger partial charge < -0.3 is 15.1 Å². The van der Waals surface area contributed by atoms with Crippen LogP contribution < -0.4 is 15.1 Å². The van der Waals surface area contributed by atoms with E-state index in [0.29, 0.717) is 13.0 Å². The number of rotatable bonds is 4. The highest BCUT2D eigenvalue weighted by Crippen LogP contribution is 2.22. The minimum Gasteiger partial charge on any atom is -0.360 e. The average Bonchev–Trinajstić information content (AvgIpc) is 2.82. The highest BCUT2D eigenvalue weighted by atomic mass is 32.2. The third-order valence-corrected chi connectivity index (χ3v) is 6.85. The maximum atomic E-state index is 12.3. The minimum atomic E-state index is -3.00. The molecule has 3 rings (SSSR count). The van der Waals surface area contributed by atoms with Crippen molar-refractivity contribution in [1.82, 2.24) is 5.32 Å². The highest BCUT2D eigenvalue weighted by molar-refractivity contribution is 7.91. The second kappa shape index (κ2) is 6.72. The number of anilines is 1. The molecule has 1 aromatic carbocycles. The van der Waals surface area contributed by atoms with Gasteiger partial charge in [-0.15, -0.1) is 0 Å². The van der Waals surface area contributed by atoms with E-state index in [1.165, 1.54) is 10.6 Å². The first-order chi connectivity index (χ1) is 11.4. The predicted octanol–water partition coefficient (Wildman–Crippen LogP) is -0.915. The molecule has 2 N–H and O–H groups in total. The summed E-state index contributed by atoms with van der Waals surface area (Å²) in [5, 5.41) is 2.95. The van der Waals surface area contributed by atoms with Gasteiger partial charge in [-0.05, 0) is 25.5 Å². The van der Waals surface area contributed by atoms with Crippen LogP contribution in [-0.4, -0.2) is 64.1 Å². The molecule has 24 heavy (non-hydrogen) atoms. The van der Waals surface area contributed by atoms with Crippen LogP contribution in [0.2, 0.25) is 0 Å². The summed E-state index contributed by atoms with van der Waals surface area (Å²) in [5.41, 5.74) is 0.631. The van der Waals surface area contributed by atoms with Crippen LogP contribution in [0.1, 0.15) is 13.3 Å². The van der Waals surface area contributed by atoms with Crippen molar-refractivity contribution < 1.29 is 18.1 Å². The van der Waals surface area contributed by atoms with Gasteiger partial charge >= 0.3 is 0 Å². The Labute approximate surface area is 143 Å². The van der Waals surface area contributed by atoms with Gasteiger partial charge in [-0.1, -0.05) is 18.2 Å². The third kappa shape index (κ3) is 4.27. The Morgan fingerprint density at radius 1 is 1.25 bits per heavy atom. The lowest BCUT2D eigenvalue weighted by molar-refractivity contribution is -0.892. The maximum absolute atomic E-state index is 12.3. The van der Waals surface area contributed by atoms with Gasteiger partial charge in [0.2, 0.25) is 0 Å². The van der Waals surface area contributed by atoms with Crippen LogP contribution in [0.25, 0.3) is 0 Å². The fraction of sp³-hybridized carbons (Fsp3) is 0.588. The number of sulfone groups is 1. The molecule has 6 nitrogen and oxygen atoms in total. The second-order valence-electron chi connectivity index (χ2n) is 7.20. The van der Waals surface area contributed by atoms with Crippen molar-refractivity contribution in [2.75, 3.05) is 49.1 Å². The van der Waals surface area contributed by atoms with Crippen molar-refractivity contribution in [3.63, 3.8) is 0 Å². The average molecular weight is 352 g/mol. The lowest BCUT2D eigenvalue weighted by atomic mass is 10.0. The Kier molecular flexibility index (Phi) is 4.83. The smallest absolute Gasteiger partial charge is 0.275 e. The van der Waals surface area contributed by atoms with E-state index < -0.39 is 15.4 Å². The summed E-state index contributed by atoms with van der Waals surface area (Å²) >= 11 is 0. The Morgan fingerprint density at radius 2 is 1.92 bits per heavy atom. The molecule has 2 heterocycles. The van der Waals surface area contributed by atoms with Crippen molar-refractivity contribution in [1.29, 1.82) is 0 Å². The molecule has 2 saturated heterocycles. The Balaban J connectivity index is 1.47. The first-order valence-electron chi connectivity index (χ1n) is 8.50. The van der Waals surface area contributed by atoms with Crippen LogP contribution >= 0.6 is 0 Å².